The summed E-state index contributed by atoms with van der Waals surface area (Å²) in [5.74, 6) is -0.761. The molecule has 96 valence electrons. The first-order chi connectivity index (χ1) is 8.53. The Labute approximate surface area is 108 Å². The van der Waals surface area contributed by atoms with Crippen LogP contribution in [0.1, 0.15) is 10.4 Å². The third-order valence-electron chi connectivity index (χ3n) is 1.85. The maximum absolute atomic E-state index is 11.6. The minimum absolute atomic E-state index is 0.0499. The second kappa shape index (κ2) is 6.30. The van der Waals surface area contributed by atoms with Crippen molar-refractivity contribution >= 4 is 33.7 Å². The first-order valence-electron chi connectivity index (χ1n) is 4.69. The molecule has 1 aromatic rings. The monoisotopic (exact) mass is 289 g/mol. The number of hydrogen-bond donors (Lipinski definition) is 0. The molecule has 0 N–H and O–H groups in total. The molecule has 0 unspecified atom stereocenters. The van der Waals surface area contributed by atoms with Crippen molar-refractivity contribution in [3.05, 3.63) is 29.8 Å². The molecule has 0 aliphatic heterocycles. The molecule has 6 nitrogen and oxygen atoms in total. The molecule has 0 spiro atoms. The van der Waals surface area contributed by atoms with Gasteiger partial charge < -0.3 is 4.74 Å². The molecule has 0 saturated heterocycles. The van der Waals surface area contributed by atoms with E-state index in [1.54, 1.807) is 0 Å². The lowest BCUT2D eigenvalue weighted by atomic mass is 10.2. The second-order valence-corrected chi connectivity index (χ2v) is 4.93. The molecule has 0 atom stereocenters. The summed E-state index contributed by atoms with van der Waals surface area (Å²) in [5, 5.41) is 0. The van der Waals surface area contributed by atoms with Gasteiger partial charge in [0.2, 0.25) is 0 Å². The molecule has 8 heteroatoms. The molecular formula is C10H8ClNO5S. The Morgan fingerprint density at radius 1 is 1.39 bits per heavy atom. The Hall–Kier alpha value is -1.69. The molecule has 0 radical (unpaired) electrons. The highest BCUT2D eigenvalue weighted by molar-refractivity contribution is 7.90. The van der Waals surface area contributed by atoms with Gasteiger partial charge in [-0.2, -0.15) is 8.42 Å². The highest BCUT2D eigenvalue weighted by atomic mass is 35.5. The minimum Gasteiger partial charge on any atom is -0.461 e. The number of ether oxygens (including phenoxy) is 1. The zero-order valence-corrected chi connectivity index (χ0v) is 10.6. The number of halogens is 1. The highest BCUT2D eigenvalue weighted by Crippen LogP contribution is 2.18. The van der Waals surface area contributed by atoms with E-state index in [-0.39, 0.29) is 18.1 Å². The fourth-order valence-electron chi connectivity index (χ4n) is 1.17. The number of isocyanates is 1. The van der Waals surface area contributed by atoms with Crippen molar-refractivity contribution in [1.82, 2.24) is 0 Å². The van der Waals surface area contributed by atoms with Crippen molar-refractivity contribution in [2.45, 2.75) is 4.90 Å². The third kappa shape index (κ3) is 3.40. The molecule has 0 amide bonds. The van der Waals surface area contributed by atoms with Gasteiger partial charge in [0, 0.05) is 0 Å². The number of carbonyl (C=O) groups is 1. The van der Waals surface area contributed by atoms with Gasteiger partial charge >= 0.3 is 5.97 Å². The Kier molecular flexibility index (Phi) is 5.03. The summed E-state index contributed by atoms with van der Waals surface area (Å²) < 4.78 is 30.5. The van der Waals surface area contributed by atoms with Crippen LogP contribution in [-0.4, -0.2) is 33.0 Å². The molecule has 0 bridgehead atoms. The fraction of sp³-hybridized carbons (Fsp3) is 0.200. The summed E-state index contributed by atoms with van der Waals surface area (Å²) in [6.07, 6.45) is 0.930. The molecule has 0 aromatic heterocycles. The predicted octanol–water partition coefficient (Wildman–Crippen LogP) is 1.11. The molecule has 18 heavy (non-hydrogen) atoms. The Morgan fingerprint density at radius 2 is 2.06 bits per heavy atom. The van der Waals surface area contributed by atoms with E-state index in [9.17, 15) is 18.0 Å². The van der Waals surface area contributed by atoms with Gasteiger partial charge in [0.15, 0.2) is 0 Å². The summed E-state index contributed by atoms with van der Waals surface area (Å²) in [5.41, 5.74) is -0.207. The van der Waals surface area contributed by atoms with E-state index in [2.05, 4.69) is 4.40 Å². The maximum atomic E-state index is 11.6. The number of benzene rings is 1. The largest absolute Gasteiger partial charge is 0.461 e. The zero-order chi connectivity index (χ0) is 13.6. The van der Waals surface area contributed by atoms with E-state index < -0.39 is 20.9 Å². The molecule has 0 aliphatic carbocycles. The second-order valence-electron chi connectivity index (χ2n) is 2.98. The van der Waals surface area contributed by atoms with Crippen LogP contribution in [0.3, 0.4) is 0 Å². The van der Waals surface area contributed by atoms with E-state index in [4.69, 9.17) is 16.3 Å². The van der Waals surface area contributed by atoms with E-state index in [1.807, 2.05) is 0 Å². The SMILES string of the molecule is O=C=NS(=O)(=O)c1ccccc1C(=O)OCCCl. The Bertz CT molecular complexity index is 592. The molecule has 1 aromatic carbocycles. The lowest BCUT2D eigenvalue weighted by Gasteiger charge is -2.06. The van der Waals surface area contributed by atoms with Crippen LogP contribution in [0.15, 0.2) is 33.6 Å². The van der Waals surface area contributed by atoms with Crippen LogP contribution in [0.4, 0.5) is 0 Å². The standard InChI is InChI=1S/C10H8ClNO5S/c11-5-6-17-10(14)8-3-1-2-4-9(8)18(15,16)12-7-13/h1-4H,5-6H2. The number of hydrogen-bond acceptors (Lipinski definition) is 5. The van der Waals surface area contributed by atoms with Crippen molar-refractivity contribution in [3.8, 4) is 0 Å². The molecule has 1 rings (SSSR count). The van der Waals surface area contributed by atoms with Gasteiger partial charge in [-0.25, -0.2) is 9.59 Å². The van der Waals surface area contributed by atoms with Crippen LogP contribution in [-0.2, 0) is 19.6 Å². The first-order valence-corrected chi connectivity index (χ1v) is 6.66. The molecule has 0 aliphatic rings. The van der Waals surface area contributed by atoms with Crippen LogP contribution in [0.25, 0.3) is 0 Å². The van der Waals surface area contributed by atoms with Crippen molar-refractivity contribution in [3.63, 3.8) is 0 Å². The van der Waals surface area contributed by atoms with Crippen LogP contribution in [0.2, 0.25) is 0 Å². The van der Waals surface area contributed by atoms with E-state index >= 15 is 0 Å². The van der Waals surface area contributed by atoms with Crippen LogP contribution < -0.4 is 0 Å². The van der Waals surface area contributed by atoms with E-state index in [1.165, 1.54) is 18.2 Å². The van der Waals surface area contributed by atoms with Gasteiger partial charge in [-0.3, -0.25) is 0 Å². The van der Waals surface area contributed by atoms with E-state index in [0.717, 1.165) is 12.1 Å². The summed E-state index contributed by atoms with van der Waals surface area (Å²) in [4.78, 5) is 21.2. The van der Waals surface area contributed by atoms with Gasteiger partial charge in [0.25, 0.3) is 16.1 Å². The van der Waals surface area contributed by atoms with Crippen molar-refractivity contribution < 1.29 is 22.7 Å². The lowest BCUT2D eigenvalue weighted by Crippen LogP contribution is -2.12. The van der Waals surface area contributed by atoms with Gasteiger partial charge in [0.05, 0.1) is 11.4 Å². The van der Waals surface area contributed by atoms with Crippen LogP contribution >= 0.6 is 11.6 Å². The molecule has 0 saturated carbocycles. The average molecular weight is 290 g/mol. The quantitative estimate of drug-likeness (QED) is 0.350. The predicted molar refractivity (Wildman–Crippen MR) is 62.8 cm³/mol. The van der Waals surface area contributed by atoms with Crippen molar-refractivity contribution in [1.29, 1.82) is 0 Å². The van der Waals surface area contributed by atoms with Crippen molar-refractivity contribution in [2.75, 3.05) is 12.5 Å². The summed E-state index contributed by atoms with van der Waals surface area (Å²) >= 11 is 5.35. The van der Waals surface area contributed by atoms with Gasteiger partial charge in [-0.15, -0.1) is 11.6 Å². The Balaban J connectivity index is 3.23. The smallest absolute Gasteiger partial charge is 0.339 e. The average Bonchev–Trinajstić information content (AvgIpc) is 2.36. The van der Waals surface area contributed by atoms with Crippen LogP contribution in [0, 0.1) is 0 Å². The normalized spacial score (nSPS) is 10.5. The fourth-order valence-corrected chi connectivity index (χ4v) is 2.12. The summed E-state index contributed by atoms with van der Waals surface area (Å²) in [7, 11) is -4.24. The van der Waals surface area contributed by atoms with Gasteiger partial charge in [0.1, 0.15) is 11.5 Å². The topological polar surface area (TPSA) is 89.9 Å². The number of nitrogens with zero attached hydrogens (tertiary/aromatic N) is 1. The highest BCUT2D eigenvalue weighted by Gasteiger charge is 2.22. The number of carbonyl (C=O) groups excluding carboxylic acids is 2. The lowest BCUT2D eigenvalue weighted by molar-refractivity contribution is 0.0524. The summed E-state index contributed by atoms with van der Waals surface area (Å²) in [6.45, 7) is -0.0499. The number of rotatable bonds is 5. The maximum Gasteiger partial charge on any atom is 0.339 e. The number of alkyl halides is 1. The molecular weight excluding hydrogens is 282 g/mol. The number of esters is 1. The first kappa shape index (κ1) is 14.4. The Morgan fingerprint density at radius 3 is 2.67 bits per heavy atom. The van der Waals surface area contributed by atoms with E-state index in [0.29, 0.717) is 0 Å². The zero-order valence-electron chi connectivity index (χ0n) is 9.00. The van der Waals surface area contributed by atoms with Crippen molar-refractivity contribution in [2.24, 2.45) is 4.40 Å². The van der Waals surface area contributed by atoms with Gasteiger partial charge in [-0.05, 0) is 12.1 Å². The number of sulfonamides is 1. The molecule has 0 heterocycles. The summed E-state index contributed by atoms with van der Waals surface area (Å²) in [6, 6.07) is 5.25. The third-order valence-corrected chi connectivity index (χ3v) is 3.23. The molecule has 0 fully saturated rings. The van der Waals surface area contributed by atoms with Crippen LogP contribution in [0.5, 0.6) is 0 Å². The van der Waals surface area contributed by atoms with Gasteiger partial charge in [-0.1, -0.05) is 16.5 Å². The minimum atomic E-state index is -4.24.